The minimum atomic E-state index is -0.0792. The summed E-state index contributed by atoms with van der Waals surface area (Å²) in [7, 11) is 0. The highest BCUT2D eigenvalue weighted by Gasteiger charge is 2.32. The van der Waals surface area contributed by atoms with Crippen LogP contribution in [0.5, 0.6) is 0 Å². The summed E-state index contributed by atoms with van der Waals surface area (Å²) >= 11 is 0. The highest BCUT2D eigenvalue weighted by Crippen LogP contribution is 2.36. The molecule has 4 heterocycles. The number of nitrogens with one attached hydrogen (secondary N) is 1. The van der Waals surface area contributed by atoms with Crippen molar-refractivity contribution in [3.63, 3.8) is 0 Å². The first-order valence-corrected chi connectivity index (χ1v) is 11.6. The number of aryl methyl sites for hydroxylation is 2. The normalized spacial score (nSPS) is 15.7. The molecule has 0 aliphatic carbocycles. The van der Waals surface area contributed by atoms with Gasteiger partial charge in [0.15, 0.2) is 0 Å². The summed E-state index contributed by atoms with van der Waals surface area (Å²) < 4.78 is 7.52. The highest BCUT2D eigenvalue weighted by atomic mass is 16.5. The van der Waals surface area contributed by atoms with E-state index in [9.17, 15) is 4.79 Å². The van der Waals surface area contributed by atoms with Crippen molar-refractivity contribution in [1.29, 1.82) is 0 Å². The van der Waals surface area contributed by atoms with Crippen molar-refractivity contribution in [2.24, 2.45) is 0 Å². The number of hydrogen-bond acceptors (Lipinski definition) is 5. The lowest BCUT2D eigenvalue weighted by Crippen LogP contribution is -2.39. The maximum Gasteiger partial charge on any atom is 0.259 e. The fourth-order valence-electron chi connectivity index (χ4n) is 4.54. The molecule has 1 N–H and O–H groups in total. The Balaban J connectivity index is 1.59. The summed E-state index contributed by atoms with van der Waals surface area (Å²) in [5.74, 6) is 2.16. The van der Waals surface area contributed by atoms with Gasteiger partial charge in [-0.05, 0) is 65.0 Å². The number of carbonyl (C=O) groups is 1. The van der Waals surface area contributed by atoms with Crippen LogP contribution in [0.15, 0.2) is 22.9 Å². The molecule has 32 heavy (non-hydrogen) atoms. The van der Waals surface area contributed by atoms with Gasteiger partial charge in [0.2, 0.25) is 0 Å². The first-order chi connectivity index (χ1) is 15.1. The quantitative estimate of drug-likeness (QED) is 0.600. The van der Waals surface area contributed by atoms with E-state index in [4.69, 9.17) is 9.51 Å². The minimum Gasteiger partial charge on any atom is -0.365 e. The van der Waals surface area contributed by atoms with Crippen LogP contribution < -0.4 is 5.32 Å². The van der Waals surface area contributed by atoms with E-state index in [2.05, 4.69) is 60.9 Å². The molecular weight excluding hydrogens is 402 g/mol. The van der Waals surface area contributed by atoms with Crippen LogP contribution in [0.2, 0.25) is 0 Å². The van der Waals surface area contributed by atoms with Crippen molar-refractivity contribution in [1.82, 2.24) is 19.4 Å². The van der Waals surface area contributed by atoms with Crippen LogP contribution in [-0.2, 0) is 0 Å². The number of piperidine rings is 1. The van der Waals surface area contributed by atoms with Crippen LogP contribution in [0.25, 0.3) is 5.65 Å². The summed E-state index contributed by atoms with van der Waals surface area (Å²) in [4.78, 5) is 20.3. The summed E-state index contributed by atoms with van der Waals surface area (Å²) in [5.41, 5.74) is 4.57. The van der Waals surface area contributed by atoms with Crippen molar-refractivity contribution in [2.45, 2.75) is 78.7 Å². The highest BCUT2D eigenvalue weighted by molar-refractivity contribution is 5.96. The van der Waals surface area contributed by atoms with Gasteiger partial charge in [-0.1, -0.05) is 25.1 Å². The molecule has 0 atom stereocenters. The maximum absolute atomic E-state index is 13.3. The Bertz CT molecular complexity index is 1130. The third-order valence-corrected chi connectivity index (χ3v) is 6.18. The van der Waals surface area contributed by atoms with E-state index in [1.165, 1.54) is 0 Å². The molecular formula is C25H35N5O2. The molecule has 0 aromatic carbocycles. The number of amides is 1. The molecule has 1 aliphatic rings. The number of fused-ring (bicyclic) bond motifs is 1. The molecule has 0 radical (unpaired) electrons. The van der Waals surface area contributed by atoms with Gasteiger partial charge in [0.1, 0.15) is 22.8 Å². The molecule has 3 aromatic rings. The van der Waals surface area contributed by atoms with Gasteiger partial charge in [0.05, 0.1) is 11.4 Å². The van der Waals surface area contributed by atoms with E-state index in [0.29, 0.717) is 30.3 Å². The molecule has 0 spiro atoms. The summed E-state index contributed by atoms with van der Waals surface area (Å²) in [6.45, 7) is 15.9. The number of aromatic nitrogens is 3. The third-order valence-electron chi connectivity index (χ3n) is 6.18. The van der Waals surface area contributed by atoms with Gasteiger partial charge in [-0.2, -0.15) is 0 Å². The smallest absolute Gasteiger partial charge is 0.259 e. The number of imidazole rings is 1. The molecule has 0 saturated carbocycles. The third kappa shape index (κ3) is 4.12. The molecule has 1 aliphatic heterocycles. The molecule has 0 bridgehead atoms. The van der Waals surface area contributed by atoms with E-state index in [1.807, 2.05) is 25.7 Å². The zero-order chi connectivity index (χ0) is 23.2. The van der Waals surface area contributed by atoms with Crippen LogP contribution in [-0.4, -0.2) is 44.0 Å². The number of carbonyl (C=O) groups excluding carboxylic acids is 1. The standard InChI is InChI=1S/C25H35N5O2/c1-15(2)20-19(17(4)32-28-20)24(31)29-13-10-18(11-14-29)21-23(27-25(5,6)7)30-12-8-9-16(3)22(30)26-21/h8-9,12,15,18,27H,10-11,13-14H2,1-7H3. The Morgan fingerprint density at radius 3 is 2.53 bits per heavy atom. The number of rotatable bonds is 4. The minimum absolute atomic E-state index is 0.0322. The average Bonchev–Trinajstić information content (AvgIpc) is 3.28. The Hall–Kier alpha value is -2.83. The number of pyridine rings is 1. The predicted octanol–water partition coefficient (Wildman–Crippen LogP) is 5.29. The van der Waals surface area contributed by atoms with Crippen molar-refractivity contribution in [3.8, 4) is 0 Å². The zero-order valence-electron chi connectivity index (χ0n) is 20.3. The van der Waals surface area contributed by atoms with E-state index in [0.717, 1.165) is 41.3 Å². The summed E-state index contributed by atoms with van der Waals surface area (Å²) in [6.07, 6.45) is 3.84. The number of nitrogens with zero attached hydrogens (tertiary/aromatic N) is 4. The number of hydrogen-bond donors (Lipinski definition) is 1. The Labute approximate surface area is 190 Å². The molecule has 0 unspecified atom stereocenters. The fourth-order valence-corrected chi connectivity index (χ4v) is 4.54. The van der Waals surface area contributed by atoms with Crippen molar-refractivity contribution in [2.75, 3.05) is 18.4 Å². The van der Waals surface area contributed by atoms with Crippen molar-refractivity contribution < 1.29 is 9.32 Å². The molecule has 7 nitrogen and oxygen atoms in total. The van der Waals surface area contributed by atoms with Crippen LogP contribution >= 0.6 is 0 Å². The first-order valence-electron chi connectivity index (χ1n) is 11.6. The predicted molar refractivity (Wildman–Crippen MR) is 127 cm³/mol. The average molecular weight is 438 g/mol. The Morgan fingerprint density at radius 1 is 1.22 bits per heavy atom. The second kappa shape index (κ2) is 8.26. The molecule has 3 aromatic heterocycles. The summed E-state index contributed by atoms with van der Waals surface area (Å²) in [6, 6.07) is 4.17. The lowest BCUT2D eigenvalue weighted by molar-refractivity contribution is 0.0709. The molecule has 1 fully saturated rings. The Morgan fingerprint density at radius 2 is 1.91 bits per heavy atom. The topological polar surface area (TPSA) is 75.7 Å². The van der Waals surface area contributed by atoms with Crippen LogP contribution in [0.3, 0.4) is 0 Å². The van der Waals surface area contributed by atoms with Gasteiger partial charge < -0.3 is 14.7 Å². The SMILES string of the molecule is Cc1onc(C(C)C)c1C(=O)N1CCC(c2nc3c(C)cccn3c2NC(C)(C)C)CC1. The fraction of sp³-hybridized carbons (Fsp3) is 0.560. The van der Waals surface area contributed by atoms with Crippen LogP contribution in [0, 0.1) is 13.8 Å². The van der Waals surface area contributed by atoms with E-state index < -0.39 is 0 Å². The lowest BCUT2D eigenvalue weighted by atomic mass is 9.92. The van der Waals surface area contributed by atoms with Crippen molar-refractivity contribution >= 4 is 17.4 Å². The van der Waals surface area contributed by atoms with E-state index in [1.54, 1.807) is 0 Å². The van der Waals surface area contributed by atoms with E-state index >= 15 is 0 Å². The van der Waals surface area contributed by atoms with Gasteiger partial charge in [0.25, 0.3) is 5.91 Å². The molecule has 172 valence electrons. The first kappa shape index (κ1) is 22.4. The van der Waals surface area contributed by atoms with Gasteiger partial charge in [0, 0.05) is 30.7 Å². The van der Waals surface area contributed by atoms with E-state index in [-0.39, 0.29) is 17.4 Å². The maximum atomic E-state index is 13.3. The number of anilines is 1. The van der Waals surface area contributed by atoms with Crippen molar-refractivity contribution in [3.05, 3.63) is 46.6 Å². The monoisotopic (exact) mass is 437 g/mol. The molecule has 1 amide bonds. The van der Waals surface area contributed by atoms with Gasteiger partial charge in [-0.15, -0.1) is 0 Å². The Kier molecular flexibility index (Phi) is 5.77. The van der Waals surface area contributed by atoms with Crippen LogP contribution in [0.4, 0.5) is 5.82 Å². The summed E-state index contributed by atoms with van der Waals surface area (Å²) in [5, 5.41) is 7.81. The molecule has 4 rings (SSSR count). The van der Waals surface area contributed by atoms with Gasteiger partial charge in [-0.3, -0.25) is 9.20 Å². The number of likely N-dealkylation sites (tertiary alicyclic amines) is 1. The second-order valence-corrected chi connectivity index (χ2v) is 10.3. The molecule has 7 heteroatoms. The largest absolute Gasteiger partial charge is 0.365 e. The van der Waals surface area contributed by atoms with Gasteiger partial charge >= 0.3 is 0 Å². The molecule has 1 saturated heterocycles. The van der Waals surface area contributed by atoms with Gasteiger partial charge in [-0.25, -0.2) is 4.98 Å². The van der Waals surface area contributed by atoms with Crippen LogP contribution in [0.1, 0.15) is 92.4 Å². The zero-order valence-corrected chi connectivity index (χ0v) is 20.3. The lowest BCUT2D eigenvalue weighted by Gasteiger charge is -2.32. The second-order valence-electron chi connectivity index (χ2n) is 10.3.